The molecule has 2 N–H and O–H groups in total. The SMILES string of the molecule is CS(=O)(=O)CCNCc1ccc(C2=Cc3c(ncnc3Nc3ccc(OCc4cccc(F)c4)c(Cl)c3)CC2)o1. The van der Waals surface area contributed by atoms with Crippen molar-refractivity contribution in [3.63, 3.8) is 0 Å². The van der Waals surface area contributed by atoms with Gasteiger partial charge in [0.05, 0.1) is 23.0 Å². The first-order valence-electron chi connectivity index (χ1n) is 12.7. The predicted molar refractivity (Wildman–Crippen MR) is 154 cm³/mol. The number of hydrogen-bond acceptors (Lipinski definition) is 8. The highest BCUT2D eigenvalue weighted by Crippen LogP contribution is 2.35. The molecule has 0 unspecified atom stereocenters. The number of halogens is 2. The van der Waals surface area contributed by atoms with E-state index in [4.69, 9.17) is 20.8 Å². The lowest BCUT2D eigenvalue weighted by molar-refractivity contribution is 0.306. The summed E-state index contributed by atoms with van der Waals surface area (Å²) in [5, 5.41) is 6.84. The first-order chi connectivity index (χ1) is 19.2. The summed E-state index contributed by atoms with van der Waals surface area (Å²) in [6, 6.07) is 15.4. The van der Waals surface area contributed by atoms with Crippen LogP contribution in [0.25, 0.3) is 11.6 Å². The average molecular weight is 583 g/mol. The summed E-state index contributed by atoms with van der Waals surface area (Å²) in [5.74, 6) is 2.37. The Balaban J connectivity index is 1.27. The van der Waals surface area contributed by atoms with E-state index in [2.05, 4.69) is 20.6 Å². The lowest BCUT2D eigenvalue weighted by Crippen LogP contribution is -2.21. The molecule has 208 valence electrons. The molecule has 0 aliphatic heterocycles. The van der Waals surface area contributed by atoms with E-state index in [0.29, 0.717) is 35.2 Å². The molecule has 8 nitrogen and oxygen atoms in total. The summed E-state index contributed by atoms with van der Waals surface area (Å²) in [4.78, 5) is 8.92. The van der Waals surface area contributed by atoms with Crippen LogP contribution >= 0.6 is 11.6 Å². The van der Waals surface area contributed by atoms with Crippen LogP contribution in [0.1, 0.15) is 34.8 Å². The smallest absolute Gasteiger partial charge is 0.148 e. The van der Waals surface area contributed by atoms with E-state index in [9.17, 15) is 12.8 Å². The minimum Gasteiger partial charge on any atom is -0.487 e. The summed E-state index contributed by atoms with van der Waals surface area (Å²) in [6.07, 6.45) is 6.27. The summed E-state index contributed by atoms with van der Waals surface area (Å²) >= 11 is 6.48. The second-order valence-electron chi connectivity index (χ2n) is 9.51. The topological polar surface area (TPSA) is 106 Å². The molecular formula is C29H28ClFN4O4S. The summed E-state index contributed by atoms with van der Waals surface area (Å²) in [5.41, 5.74) is 4.25. The third-order valence-electron chi connectivity index (χ3n) is 6.32. The Morgan fingerprint density at radius 2 is 1.98 bits per heavy atom. The molecule has 0 radical (unpaired) electrons. The van der Waals surface area contributed by atoms with Crippen molar-refractivity contribution in [1.29, 1.82) is 0 Å². The van der Waals surface area contributed by atoms with E-state index in [0.717, 1.165) is 46.9 Å². The van der Waals surface area contributed by atoms with Crippen molar-refractivity contribution >= 4 is 44.6 Å². The monoisotopic (exact) mass is 582 g/mol. The first kappa shape index (κ1) is 27.8. The zero-order chi connectivity index (χ0) is 28.1. The number of furan rings is 1. The summed E-state index contributed by atoms with van der Waals surface area (Å²) in [7, 11) is -3.01. The van der Waals surface area contributed by atoms with E-state index >= 15 is 0 Å². The summed E-state index contributed by atoms with van der Waals surface area (Å²) in [6.45, 7) is 1.00. The first-order valence-corrected chi connectivity index (χ1v) is 15.1. The minimum absolute atomic E-state index is 0.0775. The van der Waals surface area contributed by atoms with Gasteiger partial charge >= 0.3 is 0 Å². The molecule has 11 heteroatoms. The Bertz CT molecular complexity index is 1660. The van der Waals surface area contributed by atoms with E-state index in [-0.39, 0.29) is 18.2 Å². The maximum atomic E-state index is 13.4. The molecule has 2 aromatic carbocycles. The van der Waals surface area contributed by atoms with Gasteiger partial charge in [-0.3, -0.25) is 0 Å². The standard InChI is InChI=1S/C29H28ClFN4O4S/c1-40(36,37)12-11-32-16-23-7-10-27(39-23)20-5-8-26-24(14-20)29(34-18-33-26)35-22-6-9-28(25(30)15-22)38-17-19-3-2-4-21(31)13-19/h2-4,6-7,9-10,13-15,18,32H,5,8,11-12,16-17H2,1H3,(H,33,34,35). The molecule has 0 saturated heterocycles. The van der Waals surface area contributed by atoms with Gasteiger partial charge in [0, 0.05) is 24.1 Å². The van der Waals surface area contributed by atoms with Gasteiger partial charge in [-0.2, -0.15) is 0 Å². The third-order valence-corrected chi connectivity index (χ3v) is 7.56. The molecule has 2 heterocycles. The number of ether oxygens (including phenoxy) is 1. The van der Waals surface area contributed by atoms with Gasteiger partial charge in [0.2, 0.25) is 0 Å². The van der Waals surface area contributed by atoms with E-state index in [1.54, 1.807) is 24.3 Å². The molecule has 0 spiro atoms. The number of fused-ring (bicyclic) bond motifs is 1. The minimum atomic E-state index is -3.01. The highest BCUT2D eigenvalue weighted by atomic mass is 35.5. The van der Waals surface area contributed by atoms with E-state index in [1.165, 1.54) is 24.7 Å². The van der Waals surface area contributed by atoms with Gasteiger partial charge < -0.3 is 19.8 Å². The molecular weight excluding hydrogens is 555 g/mol. The lowest BCUT2D eigenvalue weighted by atomic mass is 9.95. The van der Waals surface area contributed by atoms with Crippen LogP contribution in [0, 0.1) is 5.82 Å². The van der Waals surface area contributed by atoms with Crippen molar-refractivity contribution in [2.75, 3.05) is 23.9 Å². The maximum absolute atomic E-state index is 13.4. The van der Waals surface area contributed by atoms with Gasteiger partial charge in [0.15, 0.2) is 0 Å². The molecule has 40 heavy (non-hydrogen) atoms. The molecule has 0 atom stereocenters. The number of hydrogen-bond donors (Lipinski definition) is 2. The molecule has 1 aliphatic rings. The van der Waals surface area contributed by atoms with Crippen LogP contribution in [0.15, 0.2) is 65.3 Å². The molecule has 0 amide bonds. The van der Waals surface area contributed by atoms with Crippen LogP contribution in [-0.4, -0.2) is 36.9 Å². The fourth-order valence-corrected chi connectivity index (χ4v) is 5.06. The van der Waals surface area contributed by atoms with Crippen molar-refractivity contribution in [2.24, 2.45) is 0 Å². The fourth-order valence-electron chi connectivity index (χ4n) is 4.31. The maximum Gasteiger partial charge on any atom is 0.148 e. The van der Waals surface area contributed by atoms with Crippen LogP contribution in [-0.2, 0) is 29.4 Å². The molecule has 4 aromatic rings. The average Bonchev–Trinajstić information content (AvgIpc) is 3.39. The van der Waals surface area contributed by atoms with Crippen LogP contribution in [0.5, 0.6) is 5.75 Å². The van der Waals surface area contributed by atoms with Gasteiger partial charge in [0.25, 0.3) is 0 Å². The summed E-state index contributed by atoms with van der Waals surface area (Å²) < 4.78 is 47.8. The fraction of sp³-hybridized carbons (Fsp3) is 0.241. The molecule has 5 rings (SSSR count). The van der Waals surface area contributed by atoms with Crippen LogP contribution in [0.3, 0.4) is 0 Å². The normalized spacial score (nSPS) is 13.0. The molecule has 1 aliphatic carbocycles. The number of rotatable bonds is 11. The number of allylic oxidation sites excluding steroid dienone is 1. The third kappa shape index (κ3) is 7.26. The zero-order valence-corrected chi connectivity index (χ0v) is 23.4. The quantitative estimate of drug-likeness (QED) is 0.214. The Labute approximate surface area is 237 Å². The number of nitrogens with one attached hydrogen (secondary N) is 2. The Hall–Kier alpha value is -3.73. The number of benzene rings is 2. The van der Waals surface area contributed by atoms with Crippen molar-refractivity contribution in [3.05, 3.63) is 100 Å². The molecule has 2 aromatic heterocycles. The number of anilines is 2. The molecule has 0 fully saturated rings. The molecule has 0 bridgehead atoms. The van der Waals surface area contributed by atoms with Crippen molar-refractivity contribution in [3.8, 4) is 5.75 Å². The Morgan fingerprint density at radius 1 is 1.10 bits per heavy atom. The van der Waals surface area contributed by atoms with Crippen LogP contribution < -0.4 is 15.4 Å². The Morgan fingerprint density at radius 3 is 2.77 bits per heavy atom. The van der Waals surface area contributed by atoms with Crippen molar-refractivity contribution in [1.82, 2.24) is 15.3 Å². The van der Waals surface area contributed by atoms with Crippen LogP contribution in [0.4, 0.5) is 15.9 Å². The van der Waals surface area contributed by atoms with Crippen molar-refractivity contribution in [2.45, 2.75) is 26.0 Å². The zero-order valence-electron chi connectivity index (χ0n) is 21.8. The number of nitrogens with zero attached hydrogens (tertiary/aromatic N) is 2. The van der Waals surface area contributed by atoms with Crippen LogP contribution in [0.2, 0.25) is 5.02 Å². The largest absolute Gasteiger partial charge is 0.487 e. The highest BCUT2D eigenvalue weighted by molar-refractivity contribution is 7.90. The molecule has 0 saturated carbocycles. The number of sulfone groups is 1. The lowest BCUT2D eigenvalue weighted by Gasteiger charge is -2.18. The van der Waals surface area contributed by atoms with Gasteiger partial charge in [-0.15, -0.1) is 0 Å². The van der Waals surface area contributed by atoms with E-state index < -0.39 is 9.84 Å². The predicted octanol–water partition coefficient (Wildman–Crippen LogP) is 5.81. The van der Waals surface area contributed by atoms with Gasteiger partial charge in [-0.1, -0.05) is 23.7 Å². The second kappa shape index (κ2) is 12.2. The van der Waals surface area contributed by atoms with Gasteiger partial charge in [0.1, 0.15) is 51.7 Å². The number of aryl methyl sites for hydroxylation is 1. The van der Waals surface area contributed by atoms with Crippen molar-refractivity contribution < 1.29 is 22.0 Å². The Kier molecular flexibility index (Phi) is 8.49. The van der Waals surface area contributed by atoms with Gasteiger partial charge in [-0.05, 0) is 72.5 Å². The number of aromatic nitrogens is 2. The van der Waals surface area contributed by atoms with Gasteiger partial charge in [-0.25, -0.2) is 22.8 Å². The highest BCUT2D eigenvalue weighted by Gasteiger charge is 2.19. The van der Waals surface area contributed by atoms with E-state index in [1.807, 2.05) is 24.3 Å². The second-order valence-corrected chi connectivity index (χ2v) is 12.2.